The Labute approximate surface area is 205 Å². The molecular formula is C28H20O8. The number of aliphatic carboxylic acids is 3. The number of allylic oxidation sites excluding steroid dienone is 3. The van der Waals surface area contributed by atoms with E-state index in [1.54, 1.807) is 66.7 Å². The summed E-state index contributed by atoms with van der Waals surface area (Å²) in [6.45, 7) is 0. The minimum absolute atomic E-state index is 0.0665. The van der Waals surface area contributed by atoms with E-state index in [9.17, 15) is 39.6 Å². The highest BCUT2D eigenvalue weighted by atomic mass is 16.4. The first-order valence-electron chi connectivity index (χ1n) is 10.8. The molecule has 8 heteroatoms. The number of hydrogen-bond donors (Lipinski definition) is 4. The van der Waals surface area contributed by atoms with Crippen LogP contribution in [-0.2, 0) is 14.4 Å². The first-order chi connectivity index (χ1) is 17.2. The van der Waals surface area contributed by atoms with Crippen LogP contribution in [0.15, 0.2) is 90.5 Å². The summed E-state index contributed by atoms with van der Waals surface area (Å²) < 4.78 is 0. The summed E-state index contributed by atoms with van der Waals surface area (Å²) in [4.78, 5) is 48.6. The molecule has 8 nitrogen and oxygen atoms in total. The Kier molecular flexibility index (Phi) is 6.27. The second-order valence-electron chi connectivity index (χ2n) is 8.25. The minimum atomic E-state index is -2.74. The molecule has 0 bridgehead atoms. The Morgan fingerprint density at radius 3 is 1.69 bits per heavy atom. The molecule has 0 aliphatic heterocycles. The summed E-state index contributed by atoms with van der Waals surface area (Å²) in [5, 5.41) is 39.5. The van der Waals surface area contributed by atoms with Gasteiger partial charge in [-0.1, -0.05) is 66.7 Å². The largest absolute Gasteiger partial charge is 0.480 e. The van der Waals surface area contributed by atoms with E-state index in [-0.39, 0.29) is 16.7 Å². The first kappa shape index (κ1) is 24.2. The molecule has 4 N–H and O–H groups in total. The minimum Gasteiger partial charge on any atom is -0.480 e. The highest BCUT2D eigenvalue weighted by Gasteiger charge is 2.55. The molecule has 0 amide bonds. The zero-order valence-corrected chi connectivity index (χ0v) is 18.7. The van der Waals surface area contributed by atoms with E-state index in [1.807, 2.05) is 0 Å². The lowest BCUT2D eigenvalue weighted by Crippen LogP contribution is -2.45. The Bertz CT molecular complexity index is 1440. The van der Waals surface area contributed by atoms with Crippen LogP contribution in [0.3, 0.4) is 0 Å². The van der Waals surface area contributed by atoms with Gasteiger partial charge in [0.2, 0.25) is 5.41 Å². The Balaban J connectivity index is 2.14. The van der Waals surface area contributed by atoms with Crippen molar-refractivity contribution in [1.82, 2.24) is 0 Å². The molecular weight excluding hydrogens is 464 g/mol. The molecule has 180 valence electrons. The third kappa shape index (κ3) is 4.05. The summed E-state index contributed by atoms with van der Waals surface area (Å²) in [6, 6.07) is 21.8. The third-order valence-electron chi connectivity index (χ3n) is 6.24. The fourth-order valence-corrected chi connectivity index (χ4v) is 4.43. The standard InChI is InChI=1S/C28H20O8/c29-24(30)18-11-12-19(16-7-3-1-4-8-16)20(13-18)21-14-23(25(31)32)28(26(33)34,27(35)36)15-22(21)17-9-5-2-6-10-17/h1-14H,15H2,(H,29,30)(H,31,32)(H,33,34)(H,35,36). The maximum absolute atomic E-state index is 12.3. The second-order valence-corrected chi connectivity index (χ2v) is 8.25. The van der Waals surface area contributed by atoms with Gasteiger partial charge >= 0.3 is 23.9 Å². The number of rotatable bonds is 7. The van der Waals surface area contributed by atoms with Crippen molar-refractivity contribution in [1.29, 1.82) is 0 Å². The van der Waals surface area contributed by atoms with Gasteiger partial charge < -0.3 is 20.4 Å². The van der Waals surface area contributed by atoms with Crippen molar-refractivity contribution < 1.29 is 39.6 Å². The highest BCUT2D eigenvalue weighted by Crippen LogP contribution is 2.48. The SMILES string of the molecule is O=C(O)C1=CC(c2cc(C(=O)O)ccc2-c2ccccc2)=C(c2ccccc2)CC1(C(=O)O)C(=O)O. The highest BCUT2D eigenvalue weighted by molar-refractivity contribution is 6.17. The fourth-order valence-electron chi connectivity index (χ4n) is 4.43. The molecule has 3 aromatic rings. The molecule has 0 radical (unpaired) electrons. The lowest BCUT2D eigenvalue weighted by molar-refractivity contribution is -0.163. The molecule has 0 unspecified atom stereocenters. The molecule has 0 saturated heterocycles. The van der Waals surface area contributed by atoms with Gasteiger partial charge in [-0.15, -0.1) is 0 Å². The van der Waals surface area contributed by atoms with Crippen molar-refractivity contribution in [3.8, 4) is 11.1 Å². The Morgan fingerprint density at radius 1 is 0.639 bits per heavy atom. The quantitative estimate of drug-likeness (QED) is 0.357. The number of aromatic carboxylic acids is 1. The van der Waals surface area contributed by atoms with E-state index in [2.05, 4.69) is 0 Å². The number of carbonyl (C=O) groups is 4. The summed E-state index contributed by atoms with van der Waals surface area (Å²) in [5.74, 6) is -6.51. The fraction of sp³-hybridized carbons (Fsp3) is 0.0714. The van der Waals surface area contributed by atoms with Crippen LogP contribution in [0.1, 0.15) is 27.9 Å². The summed E-state index contributed by atoms with van der Waals surface area (Å²) in [7, 11) is 0. The Hall–Kier alpha value is -4.98. The lowest BCUT2D eigenvalue weighted by Gasteiger charge is -2.32. The van der Waals surface area contributed by atoms with Crippen molar-refractivity contribution in [2.24, 2.45) is 5.41 Å². The van der Waals surface area contributed by atoms with E-state index in [1.165, 1.54) is 12.1 Å². The summed E-state index contributed by atoms with van der Waals surface area (Å²) >= 11 is 0. The van der Waals surface area contributed by atoms with Crippen LogP contribution in [-0.4, -0.2) is 44.3 Å². The van der Waals surface area contributed by atoms with E-state index < -0.39 is 41.3 Å². The van der Waals surface area contributed by atoms with Gasteiger partial charge in [0.1, 0.15) is 0 Å². The van der Waals surface area contributed by atoms with E-state index in [0.29, 0.717) is 22.3 Å². The van der Waals surface area contributed by atoms with Crippen molar-refractivity contribution >= 4 is 35.0 Å². The average Bonchev–Trinajstić information content (AvgIpc) is 2.88. The van der Waals surface area contributed by atoms with Gasteiger partial charge in [0.15, 0.2) is 0 Å². The van der Waals surface area contributed by atoms with Gasteiger partial charge in [0.25, 0.3) is 0 Å². The zero-order valence-electron chi connectivity index (χ0n) is 18.7. The van der Waals surface area contributed by atoms with Gasteiger partial charge in [-0.25, -0.2) is 9.59 Å². The van der Waals surface area contributed by atoms with Crippen LogP contribution in [0.4, 0.5) is 0 Å². The van der Waals surface area contributed by atoms with Crippen LogP contribution in [0.5, 0.6) is 0 Å². The summed E-state index contributed by atoms with van der Waals surface area (Å²) in [6.07, 6.45) is 0.393. The number of carboxylic acids is 4. The number of carboxylic acid groups (broad SMARTS) is 4. The number of benzene rings is 3. The number of hydrogen-bond acceptors (Lipinski definition) is 4. The molecule has 4 rings (SSSR count). The normalized spacial score (nSPS) is 14.6. The third-order valence-corrected chi connectivity index (χ3v) is 6.24. The molecule has 36 heavy (non-hydrogen) atoms. The monoisotopic (exact) mass is 484 g/mol. The van der Waals surface area contributed by atoms with Crippen molar-refractivity contribution in [2.75, 3.05) is 0 Å². The van der Waals surface area contributed by atoms with Crippen LogP contribution < -0.4 is 0 Å². The van der Waals surface area contributed by atoms with E-state index in [0.717, 1.165) is 6.08 Å². The van der Waals surface area contributed by atoms with Crippen LogP contribution >= 0.6 is 0 Å². The Morgan fingerprint density at radius 2 is 1.19 bits per heavy atom. The lowest BCUT2D eigenvalue weighted by atomic mass is 9.67. The van der Waals surface area contributed by atoms with Gasteiger partial charge in [-0.3, -0.25) is 9.59 Å². The van der Waals surface area contributed by atoms with Crippen LogP contribution in [0.25, 0.3) is 22.3 Å². The van der Waals surface area contributed by atoms with E-state index in [4.69, 9.17) is 0 Å². The summed E-state index contributed by atoms with van der Waals surface area (Å²) in [5.41, 5.74) is -1.02. The second kappa shape index (κ2) is 9.34. The van der Waals surface area contributed by atoms with Gasteiger partial charge in [-0.2, -0.15) is 0 Å². The molecule has 0 heterocycles. The predicted molar refractivity (Wildman–Crippen MR) is 130 cm³/mol. The average molecular weight is 484 g/mol. The van der Waals surface area contributed by atoms with Crippen molar-refractivity contribution in [3.05, 3.63) is 107 Å². The molecule has 0 atom stereocenters. The molecule has 0 saturated carbocycles. The molecule has 1 aliphatic carbocycles. The smallest absolute Gasteiger partial charge is 0.335 e. The zero-order chi connectivity index (χ0) is 26.0. The first-order valence-corrected chi connectivity index (χ1v) is 10.8. The predicted octanol–water partition coefficient (Wildman–Crippen LogP) is 4.53. The molecule has 0 fully saturated rings. The van der Waals surface area contributed by atoms with Crippen LogP contribution in [0, 0.1) is 5.41 Å². The maximum Gasteiger partial charge on any atom is 0.335 e. The van der Waals surface area contributed by atoms with Gasteiger partial charge in [0, 0.05) is 6.42 Å². The van der Waals surface area contributed by atoms with E-state index >= 15 is 0 Å². The van der Waals surface area contributed by atoms with Crippen molar-refractivity contribution in [3.63, 3.8) is 0 Å². The van der Waals surface area contributed by atoms with Gasteiger partial charge in [0.05, 0.1) is 11.1 Å². The van der Waals surface area contributed by atoms with Gasteiger partial charge in [-0.05, 0) is 51.6 Å². The molecule has 0 aromatic heterocycles. The maximum atomic E-state index is 12.3. The molecule has 1 aliphatic rings. The topological polar surface area (TPSA) is 149 Å². The molecule has 0 spiro atoms. The van der Waals surface area contributed by atoms with Crippen LogP contribution in [0.2, 0.25) is 0 Å². The molecule has 3 aromatic carbocycles. The van der Waals surface area contributed by atoms with Crippen molar-refractivity contribution in [2.45, 2.75) is 6.42 Å².